The molecular weight excluding hydrogens is 827 g/mol. The maximum absolute atomic E-state index is 13.3. The maximum Gasteiger partial charge on any atom is 0.265 e. The van der Waals surface area contributed by atoms with Crippen molar-refractivity contribution in [1.82, 2.24) is 5.32 Å². The molecular formula is C47H49Cl3N2O8. The monoisotopic (exact) mass is 874 g/mol. The van der Waals surface area contributed by atoms with E-state index < -0.39 is 52.5 Å². The molecule has 2 N–H and O–H groups in total. The average molecular weight is 876 g/mol. The second kappa shape index (κ2) is 23.0. The van der Waals surface area contributed by atoms with Crippen molar-refractivity contribution < 1.29 is 38.0 Å². The molecule has 1 amide bonds. The van der Waals surface area contributed by atoms with Crippen LogP contribution in [0.2, 0.25) is 0 Å². The predicted octanol–water partition coefficient (Wildman–Crippen LogP) is 9.14. The first kappa shape index (κ1) is 45.2. The summed E-state index contributed by atoms with van der Waals surface area (Å²) in [6.45, 7) is 2.34. The molecule has 0 aliphatic carbocycles. The first-order valence-corrected chi connectivity index (χ1v) is 20.8. The van der Waals surface area contributed by atoms with Gasteiger partial charge in [0, 0.05) is 6.92 Å². The molecule has 316 valence electrons. The lowest BCUT2D eigenvalue weighted by molar-refractivity contribution is -0.301. The van der Waals surface area contributed by atoms with Crippen molar-refractivity contribution >= 4 is 46.6 Å². The Morgan fingerprint density at radius 1 is 0.633 bits per heavy atom. The highest BCUT2D eigenvalue weighted by Crippen LogP contribution is 2.36. The van der Waals surface area contributed by atoms with Crippen LogP contribution >= 0.6 is 34.8 Å². The van der Waals surface area contributed by atoms with Gasteiger partial charge in [-0.15, -0.1) is 0 Å². The van der Waals surface area contributed by atoms with Gasteiger partial charge < -0.3 is 38.5 Å². The second-order valence-electron chi connectivity index (χ2n) is 14.3. The van der Waals surface area contributed by atoms with Gasteiger partial charge in [-0.25, -0.2) is 0 Å². The van der Waals surface area contributed by atoms with Gasteiger partial charge in [-0.05, 0) is 27.8 Å². The Morgan fingerprint density at radius 2 is 1.05 bits per heavy atom. The van der Waals surface area contributed by atoms with E-state index in [2.05, 4.69) is 5.32 Å². The summed E-state index contributed by atoms with van der Waals surface area (Å²) in [5.74, 6) is -1.06. The van der Waals surface area contributed by atoms with Crippen LogP contribution in [0.15, 0.2) is 152 Å². The molecule has 7 atom stereocenters. The van der Waals surface area contributed by atoms with Crippen LogP contribution in [-0.4, -0.2) is 65.1 Å². The largest absolute Gasteiger partial charge is 0.445 e. The molecule has 10 nitrogen and oxygen atoms in total. The van der Waals surface area contributed by atoms with Crippen molar-refractivity contribution in [3.63, 3.8) is 0 Å². The van der Waals surface area contributed by atoms with Crippen LogP contribution < -0.4 is 5.32 Å². The molecule has 1 aliphatic heterocycles. The summed E-state index contributed by atoms with van der Waals surface area (Å²) in [5, 5.41) is 11.8. The van der Waals surface area contributed by atoms with Gasteiger partial charge in [0.1, 0.15) is 30.5 Å². The normalized spacial score (nSPS) is 20.2. The number of hydrogen-bond acceptors (Lipinski definition) is 9. The lowest BCUT2D eigenvalue weighted by Crippen LogP contribution is -2.69. The number of nitrogens with one attached hydrogen (secondary N) is 2. The summed E-state index contributed by atoms with van der Waals surface area (Å²) in [6, 6.07) is 47.4. The third-order valence-corrected chi connectivity index (χ3v) is 10.2. The number of alkyl halides is 3. The van der Waals surface area contributed by atoms with Gasteiger partial charge in [0.05, 0.1) is 45.7 Å². The van der Waals surface area contributed by atoms with Gasteiger partial charge in [0.25, 0.3) is 3.79 Å². The summed E-state index contributed by atoms with van der Waals surface area (Å²) in [5.41, 5.74) is 4.49. The highest BCUT2D eigenvalue weighted by molar-refractivity contribution is 6.76. The molecule has 0 radical (unpaired) electrons. The van der Waals surface area contributed by atoms with E-state index in [0.717, 1.165) is 27.8 Å². The van der Waals surface area contributed by atoms with E-state index in [4.69, 9.17) is 73.4 Å². The third-order valence-electron chi connectivity index (χ3n) is 9.70. The first-order valence-electron chi connectivity index (χ1n) is 19.6. The number of halogens is 3. The lowest BCUT2D eigenvalue weighted by atomic mass is 9.89. The van der Waals surface area contributed by atoms with Crippen molar-refractivity contribution in [1.29, 1.82) is 5.41 Å². The first-order chi connectivity index (χ1) is 29.1. The Balaban J connectivity index is 1.43. The van der Waals surface area contributed by atoms with Crippen molar-refractivity contribution in [3.8, 4) is 0 Å². The molecule has 0 saturated carbocycles. The summed E-state index contributed by atoms with van der Waals surface area (Å²) in [7, 11) is 0. The minimum absolute atomic E-state index is 0.0623. The molecule has 1 fully saturated rings. The Hall–Kier alpha value is -4.33. The van der Waals surface area contributed by atoms with Crippen molar-refractivity contribution in [2.45, 2.75) is 86.6 Å². The predicted molar refractivity (Wildman–Crippen MR) is 232 cm³/mol. The van der Waals surface area contributed by atoms with Crippen molar-refractivity contribution in [2.75, 3.05) is 6.61 Å². The van der Waals surface area contributed by atoms with Crippen LogP contribution in [0.5, 0.6) is 0 Å². The Kier molecular flexibility index (Phi) is 17.4. The van der Waals surface area contributed by atoms with Crippen LogP contribution in [0.25, 0.3) is 0 Å². The molecule has 1 heterocycles. The van der Waals surface area contributed by atoms with E-state index >= 15 is 0 Å². The van der Waals surface area contributed by atoms with Crippen LogP contribution in [0.1, 0.15) is 34.7 Å². The van der Waals surface area contributed by atoms with E-state index in [1.54, 1.807) is 0 Å². The molecule has 1 aliphatic rings. The van der Waals surface area contributed by atoms with E-state index in [9.17, 15) is 4.79 Å². The molecule has 0 unspecified atom stereocenters. The van der Waals surface area contributed by atoms with Gasteiger partial charge in [0.2, 0.25) is 18.1 Å². The van der Waals surface area contributed by atoms with Gasteiger partial charge in [-0.2, -0.15) is 0 Å². The standard InChI is InChI=1S/C47H49Cl3N2O8/c1-33(53)52-40-42(57-30-37-23-13-5-14-24-37)44(58-31-38-25-15-6-16-26-38)45(60-46(51)47(48,49)50)59-43(40)41(56-29-36-21-11-4-12-22-36)39(55-28-35-19-9-3-10-20-35)32-54-27-34-17-7-2-8-18-34/h2-26,39-45,51H,27-32H2,1H3,(H,52,53)/t39-,40-,41-,42-,43-,44+,45+/m1/s1. The minimum Gasteiger partial charge on any atom is -0.445 e. The number of carbonyl (C=O) groups is 1. The smallest absolute Gasteiger partial charge is 0.265 e. The SMILES string of the molecule is CC(=O)N[C@@H]1[C@@H](OCc2ccccc2)[C@H](OCc2ccccc2)[C@H](OC(=N)C(Cl)(Cl)Cl)O[C@H]1[C@H](OCc1ccccc1)[C@@H](COCc1ccccc1)OCc1ccccc1. The van der Waals surface area contributed by atoms with Crippen LogP contribution in [0.3, 0.4) is 0 Å². The third kappa shape index (κ3) is 13.9. The zero-order valence-corrected chi connectivity index (χ0v) is 35.4. The molecule has 0 aromatic heterocycles. The molecule has 60 heavy (non-hydrogen) atoms. The Labute approximate surface area is 366 Å². The fourth-order valence-electron chi connectivity index (χ4n) is 6.79. The molecule has 1 saturated heterocycles. The molecule has 0 bridgehead atoms. The molecule has 0 spiro atoms. The van der Waals surface area contributed by atoms with E-state index in [1.165, 1.54) is 6.92 Å². The van der Waals surface area contributed by atoms with Gasteiger partial charge in [-0.1, -0.05) is 186 Å². The van der Waals surface area contributed by atoms with Gasteiger partial charge >= 0.3 is 0 Å². The fraction of sp³-hybridized carbons (Fsp3) is 0.319. The average Bonchev–Trinajstić information content (AvgIpc) is 3.26. The highest BCUT2D eigenvalue weighted by Gasteiger charge is 2.54. The topological polar surface area (TPSA) is 118 Å². The number of amides is 1. The number of rotatable bonds is 20. The lowest BCUT2D eigenvalue weighted by Gasteiger charge is -2.49. The Morgan fingerprint density at radius 3 is 1.50 bits per heavy atom. The zero-order chi connectivity index (χ0) is 42.2. The highest BCUT2D eigenvalue weighted by atomic mass is 35.6. The van der Waals surface area contributed by atoms with Gasteiger partial charge in [0.15, 0.2) is 0 Å². The van der Waals surface area contributed by atoms with Crippen molar-refractivity contribution in [3.05, 3.63) is 179 Å². The molecule has 5 aromatic carbocycles. The minimum atomic E-state index is -2.24. The van der Waals surface area contributed by atoms with Crippen LogP contribution in [0, 0.1) is 5.41 Å². The van der Waals surface area contributed by atoms with Crippen LogP contribution in [0.4, 0.5) is 0 Å². The van der Waals surface area contributed by atoms with E-state index in [0.29, 0.717) is 6.61 Å². The summed E-state index contributed by atoms with van der Waals surface area (Å²) < 4.78 is 44.1. The second-order valence-corrected chi connectivity index (χ2v) is 16.5. The zero-order valence-electron chi connectivity index (χ0n) is 33.1. The number of benzene rings is 5. The number of hydrogen-bond donors (Lipinski definition) is 2. The summed E-state index contributed by atoms with van der Waals surface area (Å²) in [4.78, 5) is 13.3. The molecule has 13 heteroatoms. The summed E-state index contributed by atoms with van der Waals surface area (Å²) in [6.07, 6.45) is -6.31. The quantitative estimate of drug-likeness (QED) is 0.0452. The Bertz CT molecular complexity index is 2010. The maximum atomic E-state index is 13.3. The van der Waals surface area contributed by atoms with Crippen LogP contribution in [-0.2, 0) is 71.0 Å². The fourth-order valence-corrected chi connectivity index (χ4v) is 6.92. The number of ether oxygens (including phenoxy) is 7. The molecule has 6 rings (SSSR count). The van der Waals surface area contributed by atoms with E-state index in [1.807, 2.05) is 152 Å². The van der Waals surface area contributed by atoms with Crippen molar-refractivity contribution in [2.24, 2.45) is 0 Å². The number of carbonyl (C=O) groups excluding carboxylic acids is 1. The van der Waals surface area contributed by atoms with E-state index in [-0.39, 0.29) is 38.9 Å². The molecule has 5 aromatic rings. The van der Waals surface area contributed by atoms with Gasteiger partial charge in [-0.3, -0.25) is 10.2 Å². The summed E-state index contributed by atoms with van der Waals surface area (Å²) >= 11 is 18.6.